The Bertz CT molecular complexity index is 443. The molecule has 0 fully saturated rings. The fourth-order valence-corrected chi connectivity index (χ4v) is 1.83. The van der Waals surface area contributed by atoms with E-state index in [0.29, 0.717) is 6.54 Å². The van der Waals surface area contributed by atoms with Crippen molar-refractivity contribution in [3.05, 3.63) is 34.9 Å². The molecule has 0 aliphatic carbocycles. The molecule has 0 radical (unpaired) electrons. The van der Waals surface area contributed by atoms with Crippen molar-refractivity contribution in [3.8, 4) is 0 Å². The summed E-state index contributed by atoms with van der Waals surface area (Å²) in [6.07, 6.45) is 0. The Morgan fingerprint density at radius 2 is 1.30 bits per heavy atom. The Labute approximate surface area is 129 Å². The van der Waals surface area contributed by atoms with Gasteiger partial charge in [0.1, 0.15) is 0 Å². The van der Waals surface area contributed by atoms with E-state index in [4.69, 9.17) is 11.5 Å². The van der Waals surface area contributed by atoms with E-state index >= 15 is 0 Å². The quantitative estimate of drug-likeness (QED) is 0.648. The minimum absolute atomic E-state index is 0. The number of hydrogen-bond acceptors (Lipinski definition) is 1. The van der Waals surface area contributed by atoms with Gasteiger partial charge in [-0.2, -0.15) is 0 Å². The zero-order chi connectivity index (χ0) is 14.8. The van der Waals surface area contributed by atoms with Crippen molar-refractivity contribution in [2.24, 2.45) is 16.5 Å². The summed E-state index contributed by atoms with van der Waals surface area (Å²) in [7, 11) is 0. The van der Waals surface area contributed by atoms with Crippen LogP contribution in [-0.2, 0) is 17.4 Å². The van der Waals surface area contributed by atoms with Crippen LogP contribution in [-0.4, -0.2) is 5.96 Å². The highest BCUT2D eigenvalue weighted by atomic mass is 35.5. The van der Waals surface area contributed by atoms with E-state index in [9.17, 15) is 0 Å². The first-order chi connectivity index (χ1) is 8.50. The van der Waals surface area contributed by atoms with Crippen molar-refractivity contribution in [2.75, 3.05) is 0 Å². The molecule has 114 valence electrons. The second-order valence-electron chi connectivity index (χ2n) is 7.16. The van der Waals surface area contributed by atoms with Gasteiger partial charge in [-0.25, -0.2) is 4.99 Å². The van der Waals surface area contributed by atoms with E-state index in [0.717, 1.165) is 5.56 Å². The predicted molar refractivity (Wildman–Crippen MR) is 90.6 cm³/mol. The van der Waals surface area contributed by atoms with E-state index in [1.54, 1.807) is 0 Å². The van der Waals surface area contributed by atoms with Crippen LogP contribution in [0.25, 0.3) is 0 Å². The van der Waals surface area contributed by atoms with Gasteiger partial charge in [0.15, 0.2) is 5.96 Å². The number of hydrogen-bond donors (Lipinski definition) is 2. The molecule has 1 rings (SSSR count). The van der Waals surface area contributed by atoms with Crippen LogP contribution in [0.4, 0.5) is 0 Å². The number of guanidine groups is 1. The highest BCUT2D eigenvalue weighted by Crippen LogP contribution is 2.30. The lowest BCUT2D eigenvalue weighted by atomic mass is 9.79. The summed E-state index contributed by atoms with van der Waals surface area (Å²) in [6, 6.07) is 6.68. The number of benzene rings is 1. The van der Waals surface area contributed by atoms with Crippen LogP contribution in [0.15, 0.2) is 23.2 Å². The molecular weight excluding hydrogens is 270 g/mol. The van der Waals surface area contributed by atoms with Crippen LogP contribution in [0.2, 0.25) is 0 Å². The van der Waals surface area contributed by atoms with Crippen LogP contribution in [0.3, 0.4) is 0 Å². The number of aliphatic imine (C=N–C) groups is 1. The lowest BCUT2D eigenvalue weighted by Gasteiger charge is -2.26. The Morgan fingerprint density at radius 1 is 0.900 bits per heavy atom. The van der Waals surface area contributed by atoms with Gasteiger partial charge in [0.2, 0.25) is 0 Å². The molecule has 0 amide bonds. The van der Waals surface area contributed by atoms with Gasteiger partial charge in [0, 0.05) is 0 Å². The van der Waals surface area contributed by atoms with Crippen LogP contribution < -0.4 is 11.5 Å². The van der Waals surface area contributed by atoms with Gasteiger partial charge in [-0.05, 0) is 27.5 Å². The topological polar surface area (TPSA) is 64.4 Å². The molecule has 0 spiro atoms. The maximum atomic E-state index is 5.42. The molecule has 0 aliphatic rings. The molecule has 0 aromatic heterocycles. The predicted octanol–water partition coefficient (Wildman–Crippen LogP) is 3.48. The van der Waals surface area contributed by atoms with Crippen LogP contribution in [0.5, 0.6) is 0 Å². The maximum absolute atomic E-state index is 5.42. The van der Waals surface area contributed by atoms with Crippen LogP contribution in [0, 0.1) is 0 Å². The molecule has 3 nitrogen and oxygen atoms in total. The third-order valence-electron chi connectivity index (χ3n) is 3.17. The molecule has 0 atom stereocenters. The summed E-state index contributed by atoms with van der Waals surface area (Å²) in [5, 5.41) is 0. The second kappa shape index (κ2) is 6.49. The first kappa shape index (κ1) is 18.8. The normalized spacial score (nSPS) is 11.7. The second-order valence-corrected chi connectivity index (χ2v) is 7.16. The fraction of sp³-hybridized carbons (Fsp3) is 0.562. The summed E-state index contributed by atoms with van der Waals surface area (Å²) in [5.41, 5.74) is 14.9. The van der Waals surface area contributed by atoms with Crippen molar-refractivity contribution in [1.29, 1.82) is 0 Å². The zero-order valence-corrected chi connectivity index (χ0v) is 14.3. The van der Waals surface area contributed by atoms with Gasteiger partial charge < -0.3 is 11.5 Å². The number of nitrogens with two attached hydrogens (primary N) is 2. The largest absolute Gasteiger partial charge is 0.370 e. The third kappa shape index (κ3) is 5.41. The lowest BCUT2D eigenvalue weighted by molar-refractivity contribution is 0.567. The maximum Gasteiger partial charge on any atom is 0.186 e. The molecule has 0 bridgehead atoms. The molecule has 0 aliphatic heterocycles. The molecule has 0 saturated heterocycles. The van der Waals surface area contributed by atoms with E-state index in [1.165, 1.54) is 11.1 Å². The van der Waals surface area contributed by atoms with Crippen molar-refractivity contribution < 1.29 is 0 Å². The number of rotatable bonds is 2. The van der Waals surface area contributed by atoms with E-state index < -0.39 is 0 Å². The number of halogens is 1. The van der Waals surface area contributed by atoms with Gasteiger partial charge in [-0.3, -0.25) is 0 Å². The van der Waals surface area contributed by atoms with Gasteiger partial charge >= 0.3 is 0 Å². The Morgan fingerprint density at radius 3 is 1.60 bits per heavy atom. The Balaban J connectivity index is 0.00000361. The molecule has 1 aromatic carbocycles. The highest BCUT2D eigenvalue weighted by molar-refractivity contribution is 5.85. The Kier molecular flexibility index (Phi) is 6.09. The molecule has 1 aromatic rings. The molecule has 0 unspecified atom stereocenters. The summed E-state index contributed by atoms with van der Waals surface area (Å²) in [5.74, 6) is 0.137. The average Bonchev–Trinajstić information content (AvgIpc) is 2.23. The van der Waals surface area contributed by atoms with Crippen LogP contribution >= 0.6 is 12.4 Å². The fourth-order valence-electron chi connectivity index (χ4n) is 1.83. The SMILES string of the molecule is CC(C)(C)c1cc(CN=C(N)N)cc(C(C)(C)C)c1.Cl. The summed E-state index contributed by atoms with van der Waals surface area (Å²) < 4.78 is 0. The van der Waals surface area contributed by atoms with Gasteiger partial charge in [-0.15, -0.1) is 12.4 Å². The summed E-state index contributed by atoms with van der Waals surface area (Å²) in [6.45, 7) is 13.9. The standard InChI is InChI=1S/C16H27N3.ClH/c1-15(2,3)12-7-11(10-19-14(17)18)8-13(9-12)16(4,5)6;/h7-9H,10H2,1-6H3,(H4,17,18,19);1H. The minimum atomic E-state index is 0. The van der Waals surface area contributed by atoms with Crippen LogP contribution in [0.1, 0.15) is 58.2 Å². The van der Waals surface area contributed by atoms with Crippen molar-refractivity contribution in [3.63, 3.8) is 0 Å². The summed E-state index contributed by atoms with van der Waals surface area (Å²) >= 11 is 0. The first-order valence-corrected chi connectivity index (χ1v) is 6.70. The number of nitrogens with zero attached hydrogens (tertiary/aromatic N) is 1. The van der Waals surface area contributed by atoms with Crippen molar-refractivity contribution in [1.82, 2.24) is 0 Å². The molecule has 0 heterocycles. The lowest BCUT2D eigenvalue weighted by Crippen LogP contribution is -2.22. The summed E-state index contributed by atoms with van der Waals surface area (Å²) in [4.78, 5) is 4.11. The van der Waals surface area contributed by atoms with Crippen molar-refractivity contribution in [2.45, 2.75) is 58.9 Å². The zero-order valence-electron chi connectivity index (χ0n) is 13.4. The van der Waals surface area contributed by atoms with Gasteiger partial charge in [0.25, 0.3) is 0 Å². The average molecular weight is 298 g/mol. The molecule has 4 heteroatoms. The van der Waals surface area contributed by atoms with E-state index in [-0.39, 0.29) is 29.2 Å². The Hall–Kier alpha value is -1.22. The van der Waals surface area contributed by atoms with Crippen molar-refractivity contribution >= 4 is 18.4 Å². The van der Waals surface area contributed by atoms with E-state index in [2.05, 4.69) is 64.7 Å². The molecule has 4 N–H and O–H groups in total. The van der Waals surface area contributed by atoms with Gasteiger partial charge in [0.05, 0.1) is 6.54 Å². The minimum Gasteiger partial charge on any atom is -0.370 e. The van der Waals surface area contributed by atoms with E-state index in [1.807, 2.05) is 0 Å². The molecule has 0 saturated carbocycles. The van der Waals surface area contributed by atoms with Gasteiger partial charge in [-0.1, -0.05) is 59.7 Å². The monoisotopic (exact) mass is 297 g/mol. The molecule has 20 heavy (non-hydrogen) atoms. The third-order valence-corrected chi connectivity index (χ3v) is 3.17. The first-order valence-electron chi connectivity index (χ1n) is 6.70. The molecular formula is C16H28ClN3. The smallest absolute Gasteiger partial charge is 0.186 e. The highest BCUT2D eigenvalue weighted by Gasteiger charge is 2.20.